The SMILES string of the molecule is CCO[C@H](C)c1nc(CSc2ccc(Cl)nn2)cs1. The lowest BCUT2D eigenvalue weighted by Gasteiger charge is -2.06. The zero-order chi connectivity index (χ0) is 13.7. The van der Waals surface area contributed by atoms with E-state index in [4.69, 9.17) is 16.3 Å². The van der Waals surface area contributed by atoms with E-state index in [1.165, 1.54) is 0 Å². The van der Waals surface area contributed by atoms with Gasteiger partial charge >= 0.3 is 0 Å². The minimum absolute atomic E-state index is 0.0593. The molecule has 102 valence electrons. The Morgan fingerprint density at radius 1 is 1.42 bits per heavy atom. The maximum Gasteiger partial charge on any atom is 0.151 e. The van der Waals surface area contributed by atoms with Gasteiger partial charge in [-0.3, -0.25) is 0 Å². The second kappa shape index (κ2) is 7.19. The highest BCUT2D eigenvalue weighted by Gasteiger charge is 2.10. The average Bonchev–Trinajstić information content (AvgIpc) is 2.87. The summed E-state index contributed by atoms with van der Waals surface area (Å²) in [6.45, 7) is 4.70. The molecule has 4 nitrogen and oxygen atoms in total. The molecule has 0 aromatic carbocycles. The van der Waals surface area contributed by atoms with Crippen molar-refractivity contribution in [2.45, 2.75) is 30.7 Å². The van der Waals surface area contributed by atoms with Gasteiger partial charge in [0.25, 0.3) is 0 Å². The van der Waals surface area contributed by atoms with Crippen LogP contribution < -0.4 is 0 Å². The number of hydrogen-bond acceptors (Lipinski definition) is 6. The quantitative estimate of drug-likeness (QED) is 0.755. The molecule has 0 spiro atoms. The molecule has 0 saturated heterocycles. The molecule has 0 unspecified atom stereocenters. The first-order valence-corrected chi connectivity index (χ1v) is 8.11. The summed E-state index contributed by atoms with van der Waals surface area (Å²) in [6.07, 6.45) is 0.0593. The van der Waals surface area contributed by atoms with Crippen LogP contribution in [0.1, 0.15) is 30.7 Å². The molecule has 0 radical (unpaired) electrons. The Labute approximate surface area is 125 Å². The Balaban J connectivity index is 1.91. The van der Waals surface area contributed by atoms with Gasteiger partial charge in [-0.1, -0.05) is 23.4 Å². The van der Waals surface area contributed by atoms with Gasteiger partial charge in [-0.2, -0.15) is 0 Å². The lowest BCUT2D eigenvalue weighted by Crippen LogP contribution is -1.98. The molecular formula is C12H14ClN3OS2. The van der Waals surface area contributed by atoms with E-state index >= 15 is 0 Å². The first-order chi connectivity index (χ1) is 9.19. The normalized spacial score (nSPS) is 12.6. The highest BCUT2D eigenvalue weighted by molar-refractivity contribution is 7.98. The number of halogens is 1. The highest BCUT2D eigenvalue weighted by Crippen LogP contribution is 2.25. The standard InChI is InChI=1S/C12H14ClN3OS2/c1-3-17-8(2)12-14-9(7-19-12)6-18-11-5-4-10(13)15-16-11/h4-5,7-8H,3,6H2,1-2H3/t8-/m1/s1. The molecule has 0 saturated carbocycles. The van der Waals surface area contributed by atoms with E-state index in [9.17, 15) is 0 Å². The van der Waals surface area contributed by atoms with Crippen LogP contribution in [0.2, 0.25) is 5.15 Å². The number of rotatable bonds is 6. The summed E-state index contributed by atoms with van der Waals surface area (Å²) in [6, 6.07) is 3.59. The van der Waals surface area contributed by atoms with Crippen LogP contribution in [-0.2, 0) is 10.5 Å². The Hall–Kier alpha value is -0.690. The van der Waals surface area contributed by atoms with Gasteiger partial charge in [0.2, 0.25) is 0 Å². The van der Waals surface area contributed by atoms with Crippen molar-refractivity contribution in [3.05, 3.63) is 33.4 Å². The highest BCUT2D eigenvalue weighted by atomic mass is 35.5. The number of thiazole rings is 1. The van der Waals surface area contributed by atoms with Gasteiger partial charge in [0.15, 0.2) is 5.15 Å². The summed E-state index contributed by atoms with van der Waals surface area (Å²) < 4.78 is 5.52. The topological polar surface area (TPSA) is 47.9 Å². The number of ether oxygens (including phenoxy) is 1. The van der Waals surface area contributed by atoms with Gasteiger partial charge in [0.05, 0.1) is 5.69 Å². The second-order valence-electron chi connectivity index (χ2n) is 3.76. The molecule has 19 heavy (non-hydrogen) atoms. The molecule has 0 N–H and O–H groups in total. The fraction of sp³-hybridized carbons (Fsp3) is 0.417. The van der Waals surface area contributed by atoms with E-state index in [0.29, 0.717) is 11.8 Å². The molecule has 0 amide bonds. The molecule has 2 rings (SSSR count). The van der Waals surface area contributed by atoms with Crippen LogP contribution in [0.5, 0.6) is 0 Å². The first kappa shape index (κ1) is 14.7. The van der Waals surface area contributed by atoms with Crippen LogP contribution in [0.15, 0.2) is 22.5 Å². The predicted molar refractivity (Wildman–Crippen MR) is 78.8 cm³/mol. The summed E-state index contributed by atoms with van der Waals surface area (Å²) in [5, 5.41) is 12.1. The summed E-state index contributed by atoms with van der Waals surface area (Å²) >= 11 is 8.91. The lowest BCUT2D eigenvalue weighted by atomic mass is 10.4. The van der Waals surface area contributed by atoms with Crippen molar-refractivity contribution in [2.24, 2.45) is 0 Å². The molecule has 2 aromatic heterocycles. The molecular weight excluding hydrogens is 302 g/mol. The van der Waals surface area contributed by atoms with Gasteiger partial charge in [-0.05, 0) is 26.0 Å². The smallest absolute Gasteiger partial charge is 0.151 e. The van der Waals surface area contributed by atoms with Crippen molar-refractivity contribution >= 4 is 34.7 Å². The molecule has 2 heterocycles. The van der Waals surface area contributed by atoms with E-state index in [1.807, 2.05) is 19.9 Å². The van der Waals surface area contributed by atoms with E-state index < -0.39 is 0 Å². The first-order valence-electron chi connectivity index (χ1n) is 5.87. The Morgan fingerprint density at radius 3 is 2.95 bits per heavy atom. The zero-order valence-electron chi connectivity index (χ0n) is 10.7. The number of aromatic nitrogens is 3. The van der Waals surface area contributed by atoms with Crippen molar-refractivity contribution < 1.29 is 4.74 Å². The van der Waals surface area contributed by atoms with E-state index in [-0.39, 0.29) is 6.10 Å². The van der Waals surface area contributed by atoms with Gasteiger partial charge in [-0.25, -0.2) is 4.98 Å². The van der Waals surface area contributed by atoms with Crippen molar-refractivity contribution in [3.63, 3.8) is 0 Å². The van der Waals surface area contributed by atoms with E-state index in [1.54, 1.807) is 29.2 Å². The van der Waals surface area contributed by atoms with Gasteiger partial charge in [-0.15, -0.1) is 21.5 Å². The maximum atomic E-state index is 5.69. The van der Waals surface area contributed by atoms with Crippen LogP contribution in [0.4, 0.5) is 0 Å². The Morgan fingerprint density at radius 2 is 2.26 bits per heavy atom. The lowest BCUT2D eigenvalue weighted by molar-refractivity contribution is 0.0761. The second-order valence-corrected chi connectivity index (χ2v) is 6.03. The molecule has 1 atom stereocenters. The number of thioether (sulfide) groups is 1. The largest absolute Gasteiger partial charge is 0.372 e. The van der Waals surface area contributed by atoms with Crippen LogP contribution in [0, 0.1) is 0 Å². The molecule has 0 aliphatic carbocycles. The zero-order valence-corrected chi connectivity index (χ0v) is 13.1. The maximum absolute atomic E-state index is 5.69. The fourth-order valence-electron chi connectivity index (χ4n) is 1.43. The van der Waals surface area contributed by atoms with Crippen LogP contribution in [0.25, 0.3) is 0 Å². The van der Waals surface area contributed by atoms with Crippen LogP contribution in [-0.4, -0.2) is 21.8 Å². The van der Waals surface area contributed by atoms with Gasteiger partial charge in [0.1, 0.15) is 16.1 Å². The monoisotopic (exact) mass is 315 g/mol. The third kappa shape index (κ3) is 4.42. The summed E-state index contributed by atoms with van der Waals surface area (Å²) in [4.78, 5) is 4.56. The minimum atomic E-state index is 0.0593. The van der Waals surface area contributed by atoms with E-state index in [2.05, 4.69) is 20.6 Å². The molecule has 0 fully saturated rings. The van der Waals surface area contributed by atoms with Gasteiger partial charge < -0.3 is 4.74 Å². The fourth-order valence-corrected chi connectivity index (χ4v) is 3.16. The summed E-state index contributed by atoms with van der Waals surface area (Å²) in [5.41, 5.74) is 1.04. The third-order valence-corrected chi connectivity index (χ3v) is 4.52. The summed E-state index contributed by atoms with van der Waals surface area (Å²) in [7, 11) is 0. The molecule has 2 aromatic rings. The number of hydrogen-bond donors (Lipinski definition) is 0. The number of nitrogens with zero attached hydrogens (tertiary/aromatic N) is 3. The Bertz CT molecular complexity index is 518. The van der Waals surface area contributed by atoms with Crippen LogP contribution in [0.3, 0.4) is 0 Å². The third-order valence-electron chi connectivity index (χ3n) is 2.31. The molecule has 0 bridgehead atoms. The van der Waals surface area contributed by atoms with Crippen molar-refractivity contribution in [3.8, 4) is 0 Å². The average molecular weight is 316 g/mol. The predicted octanol–water partition coefficient (Wildman–Crippen LogP) is 3.98. The van der Waals surface area contributed by atoms with Crippen molar-refractivity contribution in [1.82, 2.24) is 15.2 Å². The Kier molecular flexibility index (Phi) is 5.57. The molecule has 0 aliphatic rings. The van der Waals surface area contributed by atoms with Crippen molar-refractivity contribution in [1.29, 1.82) is 0 Å². The molecule has 7 heteroatoms. The van der Waals surface area contributed by atoms with Gasteiger partial charge in [0, 0.05) is 17.7 Å². The molecule has 0 aliphatic heterocycles. The van der Waals surface area contributed by atoms with E-state index in [0.717, 1.165) is 21.5 Å². The van der Waals surface area contributed by atoms with Crippen LogP contribution >= 0.6 is 34.7 Å². The minimum Gasteiger partial charge on any atom is -0.372 e. The summed E-state index contributed by atoms with van der Waals surface area (Å²) in [5.74, 6) is 0.770. The van der Waals surface area contributed by atoms with Crippen molar-refractivity contribution in [2.75, 3.05) is 6.61 Å².